The molecule has 1 heterocycles. The van der Waals surface area contributed by atoms with Gasteiger partial charge in [0.2, 0.25) is 5.82 Å². The molecule has 0 amide bonds. The first-order chi connectivity index (χ1) is 9.45. The Hall–Kier alpha value is -2.20. The molecule has 1 aromatic rings. The van der Waals surface area contributed by atoms with Crippen molar-refractivity contribution >= 4 is 11.5 Å². The molecule has 0 aliphatic rings. The fourth-order valence-electron chi connectivity index (χ4n) is 1.58. The van der Waals surface area contributed by atoms with Gasteiger partial charge in [0.15, 0.2) is 0 Å². The highest BCUT2D eigenvalue weighted by atomic mass is 16.6. The van der Waals surface area contributed by atoms with Crippen LogP contribution in [0.4, 0.5) is 11.5 Å². The van der Waals surface area contributed by atoms with Crippen LogP contribution in [-0.4, -0.2) is 41.0 Å². The Bertz CT molecular complexity index is 510. The van der Waals surface area contributed by atoms with Gasteiger partial charge in [0.1, 0.15) is 6.07 Å². The Morgan fingerprint density at radius 3 is 2.85 bits per heavy atom. The number of pyridine rings is 1. The number of hydrogen-bond donors (Lipinski definition) is 1. The van der Waals surface area contributed by atoms with Crippen molar-refractivity contribution in [2.45, 2.75) is 26.3 Å². The minimum absolute atomic E-state index is 0.165. The quantitative estimate of drug-likeness (QED) is 0.465. The van der Waals surface area contributed by atoms with E-state index >= 15 is 0 Å². The minimum atomic E-state index is -0.531. The number of aromatic nitrogens is 1. The van der Waals surface area contributed by atoms with Gasteiger partial charge in [-0.05, 0) is 33.9 Å². The highest BCUT2D eigenvalue weighted by Gasteiger charge is 2.16. The van der Waals surface area contributed by atoms with E-state index in [0.29, 0.717) is 12.6 Å². The van der Waals surface area contributed by atoms with Gasteiger partial charge >= 0.3 is 5.69 Å². The first-order valence-electron chi connectivity index (χ1n) is 6.44. The number of nitrogens with zero attached hydrogens (tertiary/aromatic N) is 4. The minimum Gasteiger partial charge on any atom is -0.364 e. The first kappa shape index (κ1) is 15.9. The maximum atomic E-state index is 10.9. The predicted octanol–water partition coefficient (Wildman–Crippen LogP) is 2.00. The normalized spacial score (nSPS) is 10.6. The fourth-order valence-corrected chi connectivity index (χ4v) is 1.58. The van der Waals surface area contributed by atoms with E-state index in [1.165, 1.54) is 12.3 Å². The lowest BCUT2D eigenvalue weighted by Crippen LogP contribution is -2.28. The van der Waals surface area contributed by atoms with Crippen LogP contribution < -0.4 is 5.32 Å². The summed E-state index contributed by atoms with van der Waals surface area (Å²) in [5.74, 6) is 0.209. The van der Waals surface area contributed by atoms with Crippen molar-refractivity contribution in [2.75, 3.05) is 25.5 Å². The first-order valence-corrected chi connectivity index (χ1v) is 6.44. The summed E-state index contributed by atoms with van der Waals surface area (Å²) in [5, 5.41) is 22.6. The smallest absolute Gasteiger partial charge is 0.312 e. The van der Waals surface area contributed by atoms with E-state index in [4.69, 9.17) is 5.26 Å². The zero-order chi connectivity index (χ0) is 15.1. The molecule has 0 unspecified atom stereocenters. The van der Waals surface area contributed by atoms with Gasteiger partial charge < -0.3 is 10.2 Å². The fraction of sp³-hybridized carbons (Fsp3) is 0.538. The molecule has 0 bridgehead atoms. The van der Waals surface area contributed by atoms with Crippen LogP contribution in [0.15, 0.2) is 12.3 Å². The lowest BCUT2D eigenvalue weighted by atomic mass is 10.2. The molecule has 1 rings (SSSR count). The Morgan fingerprint density at radius 2 is 2.30 bits per heavy atom. The molecule has 0 aliphatic carbocycles. The van der Waals surface area contributed by atoms with Crippen molar-refractivity contribution in [1.29, 1.82) is 5.26 Å². The van der Waals surface area contributed by atoms with Gasteiger partial charge in [-0.1, -0.05) is 0 Å². The summed E-state index contributed by atoms with van der Waals surface area (Å²) < 4.78 is 0. The Labute approximate surface area is 118 Å². The van der Waals surface area contributed by atoms with E-state index in [2.05, 4.69) is 29.0 Å². The van der Waals surface area contributed by atoms with E-state index in [9.17, 15) is 10.1 Å². The van der Waals surface area contributed by atoms with Crippen molar-refractivity contribution < 1.29 is 4.92 Å². The van der Waals surface area contributed by atoms with Crippen LogP contribution in [-0.2, 0) is 0 Å². The molecular formula is C13H19N5O2. The zero-order valence-corrected chi connectivity index (χ0v) is 12.0. The maximum absolute atomic E-state index is 10.9. The number of nitrogens with one attached hydrogen (secondary N) is 1. The van der Waals surface area contributed by atoms with Gasteiger partial charge in [0, 0.05) is 24.8 Å². The number of anilines is 1. The average molecular weight is 277 g/mol. The second-order valence-electron chi connectivity index (χ2n) is 4.82. The highest BCUT2D eigenvalue weighted by molar-refractivity contribution is 5.58. The third-order valence-electron chi connectivity index (χ3n) is 3.05. The van der Waals surface area contributed by atoms with Crippen LogP contribution >= 0.6 is 0 Å². The summed E-state index contributed by atoms with van der Waals surface area (Å²) in [4.78, 5) is 16.5. The average Bonchev–Trinajstić information content (AvgIpc) is 2.42. The van der Waals surface area contributed by atoms with Crippen LogP contribution in [0.5, 0.6) is 0 Å². The number of rotatable bonds is 7. The number of nitriles is 1. The molecule has 0 atom stereocenters. The van der Waals surface area contributed by atoms with Gasteiger partial charge in [-0.25, -0.2) is 4.98 Å². The van der Waals surface area contributed by atoms with Crippen molar-refractivity contribution in [2.24, 2.45) is 0 Å². The van der Waals surface area contributed by atoms with E-state index in [1.54, 1.807) is 0 Å². The van der Waals surface area contributed by atoms with Crippen LogP contribution in [0.1, 0.15) is 25.8 Å². The Morgan fingerprint density at radius 1 is 1.60 bits per heavy atom. The number of nitro groups is 1. The van der Waals surface area contributed by atoms with Crippen molar-refractivity contribution in [3.8, 4) is 6.07 Å². The van der Waals surface area contributed by atoms with Gasteiger partial charge in [-0.3, -0.25) is 10.1 Å². The largest absolute Gasteiger partial charge is 0.364 e. The van der Waals surface area contributed by atoms with E-state index < -0.39 is 4.92 Å². The number of hydrogen-bond acceptors (Lipinski definition) is 6. The van der Waals surface area contributed by atoms with Gasteiger partial charge in [0.05, 0.1) is 10.5 Å². The molecule has 0 spiro atoms. The van der Waals surface area contributed by atoms with Crippen LogP contribution in [0.3, 0.4) is 0 Å². The monoisotopic (exact) mass is 277 g/mol. The molecule has 1 aromatic heterocycles. The van der Waals surface area contributed by atoms with Crippen molar-refractivity contribution in [3.05, 3.63) is 27.9 Å². The lowest BCUT2D eigenvalue weighted by molar-refractivity contribution is -0.384. The Balaban J connectivity index is 2.60. The third-order valence-corrected chi connectivity index (χ3v) is 3.05. The van der Waals surface area contributed by atoms with Crippen molar-refractivity contribution in [3.63, 3.8) is 0 Å². The predicted molar refractivity (Wildman–Crippen MR) is 76.5 cm³/mol. The van der Waals surface area contributed by atoms with E-state index in [-0.39, 0.29) is 17.1 Å². The molecular weight excluding hydrogens is 258 g/mol. The Kier molecular flexibility index (Phi) is 5.87. The molecule has 20 heavy (non-hydrogen) atoms. The van der Waals surface area contributed by atoms with Crippen molar-refractivity contribution in [1.82, 2.24) is 9.88 Å². The molecule has 0 aromatic carbocycles. The van der Waals surface area contributed by atoms with Gasteiger partial charge in [-0.15, -0.1) is 0 Å². The summed E-state index contributed by atoms with van der Waals surface area (Å²) in [6, 6.07) is 3.54. The lowest BCUT2D eigenvalue weighted by Gasteiger charge is -2.20. The molecule has 0 fully saturated rings. The van der Waals surface area contributed by atoms with Crippen LogP contribution in [0.2, 0.25) is 0 Å². The second kappa shape index (κ2) is 7.40. The molecule has 0 radical (unpaired) electrons. The SMILES string of the molecule is CC(C)N(C)CCCNc1ncc(C#N)cc1[N+](=O)[O-]. The molecule has 0 saturated heterocycles. The summed E-state index contributed by atoms with van der Waals surface area (Å²) in [7, 11) is 2.03. The molecule has 0 saturated carbocycles. The molecule has 0 aliphatic heterocycles. The van der Waals surface area contributed by atoms with E-state index in [1.807, 2.05) is 13.1 Å². The second-order valence-corrected chi connectivity index (χ2v) is 4.82. The molecule has 1 N–H and O–H groups in total. The summed E-state index contributed by atoms with van der Waals surface area (Å²) in [5.41, 5.74) is 0.0167. The maximum Gasteiger partial charge on any atom is 0.312 e. The molecule has 7 nitrogen and oxygen atoms in total. The molecule has 7 heteroatoms. The van der Waals surface area contributed by atoms with Crippen LogP contribution in [0.25, 0.3) is 0 Å². The van der Waals surface area contributed by atoms with E-state index in [0.717, 1.165) is 13.0 Å². The van der Waals surface area contributed by atoms with Gasteiger partial charge in [-0.2, -0.15) is 5.26 Å². The summed E-state index contributed by atoms with van der Waals surface area (Å²) >= 11 is 0. The summed E-state index contributed by atoms with van der Waals surface area (Å²) in [6.45, 7) is 5.71. The summed E-state index contributed by atoms with van der Waals surface area (Å²) in [6.07, 6.45) is 2.18. The van der Waals surface area contributed by atoms with Gasteiger partial charge in [0.25, 0.3) is 0 Å². The standard InChI is InChI=1S/C13H19N5O2/c1-10(2)17(3)6-4-5-15-13-12(18(19)20)7-11(8-14)9-16-13/h7,9-10H,4-6H2,1-3H3,(H,15,16). The zero-order valence-electron chi connectivity index (χ0n) is 12.0. The molecule has 108 valence electrons. The third kappa shape index (κ3) is 4.48. The van der Waals surface area contributed by atoms with Crippen LogP contribution in [0, 0.1) is 21.4 Å². The topological polar surface area (TPSA) is 95.1 Å². The highest BCUT2D eigenvalue weighted by Crippen LogP contribution is 2.22.